The Morgan fingerprint density at radius 2 is 1.48 bits per heavy atom. The molecule has 3 rings (SSSR count). The summed E-state index contributed by atoms with van der Waals surface area (Å²) in [5.41, 5.74) is 1.16. The van der Waals surface area contributed by atoms with Crippen molar-refractivity contribution in [3.8, 4) is 0 Å². The first-order chi connectivity index (χ1) is 13.0. The molecular formula is C19H14ClN3O3S. The summed E-state index contributed by atoms with van der Waals surface area (Å²) in [4.78, 5) is 24.2. The Bertz CT molecular complexity index is 980. The van der Waals surface area contributed by atoms with E-state index >= 15 is 0 Å². The van der Waals surface area contributed by atoms with E-state index in [0.29, 0.717) is 16.4 Å². The number of urea groups is 1. The van der Waals surface area contributed by atoms with E-state index in [4.69, 9.17) is 11.6 Å². The zero-order valence-electron chi connectivity index (χ0n) is 13.9. The van der Waals surface area contributed by atoms with Crippen LogP contribution in [0.5, 0.6) is 0 Å². The van der Waals surface area contributed by atoms with Gasteiger partial charge in [0.05, 0.1) is 21.3 Å². The monoisotopic (exact) mass is 399 g/mol. The Balaban J connectivity index is 1.73. The van der Waals surface area contributed by atoms with Crippen molar-refractivity contribution in [3.05, 3.63) is 87.9 Å². The SMILES string of the molecule is O=C(Nc1ccccc1Cl)Nc1ccccc1Sc1ccc([N+](=O)[O-])cc1. The number of nitrogens with zero attached hydrogens (tertiary/aromatic N) is 1. The van der Waals surface area contributed by atoms with Crippen molar-refractivity contribution >= 4 is 46.5 Å². The minimum absolute atomic E-state index is 0.0323. The topological polar surface area (TPSA) is 84.3 Å². The van der Waals surface area contributed by atoms with Crippen LogP contribution in [0.3, 0.4) is 0 Å². The molecule has 0 aliphatic heterocycles. The van der Waals surface area contributed by atoms with Gasteiger partial charge in [-0.2, -0.15) is 0 Å². The number of non-ortho nitro benzene ring substituents is 1. The normalized spacial score (nSPS) is 10.3. The molecule has 0 unspecified atom stereocenters. The molecule has 8 heteroatoms. The molecule has 6 nitrogen and oxygen atoms in total. The number of nitro groups is 1. The third kappa shape index (κ3) is 4.99. The number of hydrogen-bond donors (Lipinski definition) is 2. The first-order valence-corrected chi connectivity index (χ1v) is 9.06. The lowest BCUT2D eigenvalue weighted by Gasteiger charge is -2.12. The van der Waals surface area contributed by atoms with Gasteiger partial charge in [-0.25, -0.2) is 4.79 Å². The van der Waals surface area contributed by atoms with E-state index in [-0.39, 0.29) is 5.69 Å². The van der Waals surface area contributed by atoms with Gasteiger partial charge in [-0.1, -0.05) is 47.6 Å². The first kappa shape index (κ1) is 18.8. The zero-order valence-corrected chi connectivity index (χ0v) is 15.5. The van der Waals surface area contributed by atoms with Gasteiger partial charge in [0, 0.05) is 21.9 Å². The largest absolute Gasteiger partial charge is 0.323 e. The molecule has 0 radical (unpaired) electrons. The molecule has 0 atom stereocenters. The summed E-state index contributed by atoms with van der Waals surface area (Å²) in [6.07, 6.45) is 0. The Morgan fingerprint density at radius 1 is 0.889 bits per heavy atom. The molecule has 2 N–H and O–H groups in total. The molecule has 136 valence electrons. The lowest BCUT2D eigenvalue weighted by Crippen LogP contribution is -2.19. The van der Waals surface area contributed by atoms with E-state index in [1.54, 1.807) is 42.5 Å². The van der Waals surface area contributed by atoms with Crippen LogP contribution in [-0.2, 0) is 0 Å². The second-order valence-electron chi connectivity index (χ2n) is 5.41. The number of para-hydroxylation sites is 2. The number of benzene rings is 3. The van der Waals surface area contributed by atoms with Crippen LogP contribution in [0.25, 0.3) is 0 Å². The average Bonchev–Trinajstić information content (AvgIpc) is 2.66. The molecule has 0 saturated carbocycles. The number of nitrogens with one attached hydrogen (secondary N) is 2. The second-order valence-corrected chi connectivity index (χ2v) is 6.93. The number of hydrogen-bond acceptors (Lipinski definition) is 4. The van der Waals surface area contributed by atoms with Crippen molar-refractivity contribution < 1.29 is 9.72 Å². The molecule has 2 amide bonds. The number of carbonyl (C=O) groups is 1. The van der Waals surface area contributed by atoms with Gasteiger partial charge in [0.1, 0.15) is 0 Å². The quantitative estimate of drug-likeness (QED) is 0.404. The molecular weight excluding hydrogens is 386 g/mol. The molecule has 27 heavy (non-hydrogen) atoms. The summed E-state index contributed by atoms with van der Waals surface area (Å²) in [6.45, 7) is 0. The van der Waals surface area contributed by atoms with Crippen LogP contribution in [0.15, 0.2) is 82.6 Å². The molecule has 0 fully saturated rings. The van der Waals surface area contributed by atoms with Gasteiger partial charge in [-0.3, -0.25) is 10.1 Å². The number of nitro benzene ring substituents is 1. The molecule has 3 aromatic rings. The van der Waals surface area contributed by atoms with Gasteiger partial charge in [0.25, 0.3) is 5.69 Å². The fourth-order valence-corrected chi connectivity index (χ4v) is 3.34. The van der Waals surface area contributed by atoms with Gasteiger partial charge >= 0.3 is 6.03 Å². The lowest BCUT2D eigenvalue weighted by atomic mass is 10.3. The van der Waals surface area contributed by atoms with Gasteiger partial charge in [0.15, 0.2) is 0 Å². The predicted octanol–water partition coefficient (Wildman–Crippen LogP) is 6.04. The zero-order chi connectivity index (χ0) is 19.2. The first-order valence-electron chi connectivity index (χ1n) is 7.87. The lowest BCUT2D eigenvalue weighted by molar-refractivity contribution is -0.384. The molecule has 0 aliphatic carbocycles. The van der Waals surface area contributed by atoms with Gasteiger partial charge in [-0.05, 0) is 36.4 Å². The second kappa shape index (κ2) is 8.57. The predicted molar refractivity (Wildman–Crippen MR) is 108 cm³/mol. The number of halogens is 1. The van der Waals surface area contributed by atoms with Gasteiger partial charge in [-0.15, -0.1) is 0 Å². The maximum absolute atomic E-state index is 12.3. The van der Waals surface area contributed by atoms with Crippen LogP contribution >= 0.6 is 23.4 Å². The number of rotatable bonds is 5. The number of anilines is 2. The smallest absolute Gasteiger partial charge is 0.307 e. The summed E-state index contributed by atoms with van der Waals surface area (Å²) in [7, 11) is 0. The van der Waals surface area contributed by atoms with Crippen LogP contribution in [0.2, 0.25) is 5.02 Å². The highest BCUT2D eigenvalue weighted by Crippen LogP contribution is 2.34. The minimum atomic E-state index is -0.441. The summed E-state index contributed by atoms with van der Waals surface area (Å²) in [6, 6.07) is 20.1. The van der Waals surface area contributed by atoms with E-state index in [0.717, 1.165) is 9.79 Å². The highest BCUT2D eigenvalue weighted by Gasteiger charge is 2.10. The minimum Gasteiger partial charge on any atom is -0.307 e. The summed E-state index contributed by atoms with van der Waals surface area (Å²) in [5.74, 6) is 0. The standard InChI is InChI=1S/C19H14ClN3O3S/c20-15-5-1-2-6-16(15)21-19(24)22-17-7-3-4-8-18(17)27-14-11-9-13(10-12-14)23(25)26/h1-12H,(H2,21,22,24). The highest BCUT2D eigenvalue weighted by atomic mass is 35.5. The third-order valence-electron chi connectivity index (χ3n) is 3.53. The van der Waals surface area contributed by atoms with Crippen molar-refractivity contribution in [2.45, 2.75) is 9.79 Å². The van der Waals surface area contributed by atoms with E-state index in [1.807, 2.05) is 18.2 Å². The maximum Gasteiger partial charge on any atom is 0.323 e. The Kier molecular flexibility index (Phi) is 5.95. The molecule has 0 aromatic heterocycles. The van der Waals surface area contributed by atoms with Crippen molar-refractivity contribution in [2.24, 2.45) is 0 Å². The van der Waals surface area contributed by atoms with Crippen LogP contribution in [0.4, 0.5) is 21.9 Å². The maximum atomic E-state index is 12.3. The van der Waals surface area contributed by atoms with E-state index in [1.165, 1.54) is 23.9 Å². The fourth-order valence-electron chi connectivity index (χ4n) is 2.26. The Labute approximate surface area is 164 Å². The van der Waals surface area contributed by atoms with Gasteiger partial charge < -0.3 is 10.6 Å². The molecule has 0 saturated heterocycles. The van der Waals surface area contributed by atoms with Crippen molar-refractivity contribution in [3.63, 3.8) is 0 Å². The van der Waals surface area contributed by atoms with Crippen molar-refractivity contribution in [1.82, 2.24) is 0 Å². The Morgan fingerprint density at radius 3 is 2.15 bits per heavy atom. The van der Waals surface area contributed by atoms with Crippen LogP contribution < -0.4 is 10.6 Å². The van der Waals surface area contributed by atoms with Crippen LogP contribution in [0.1, 0.15) is 0 Å². The third-order valence-corrected chi connectivity index (χ3v) is 4.95. The van der Waals surface area contributed by atoms with E-state index in [9.17, 15) is 14.9 Å². The van der Waals surface area contributed by atoms with Crippen LogP contribution in [-0.4, -0.2) is 11.0 Å². The molecule has 0 heterocycles. The molecule has 3 aromatic carbocycles. The van der Waals surface area contributed by atoms with Crippen molar-refractivity contribution in [2.75, 3.05) is 10.6 Å². The Hall–Kier alpha value is -3.03. The van der Waals surface area contributed by atoms with E-state index < -0.39 is 11.0 Å². The summed E-state index contributed by atoms with van der Waals surface area (Å²) >= 11 is 7.45. The molecule has 0 bridgehead atoms. The number of carbonyl (C=O) groups excluding carboxylic acids is 1. The highest BCUT2D eigenvalue weighted by molar-refractivity contribution is 7.99. The van der Waals surface area contributed by atoms with E-state index in [2.05, 4.69) is 10.6 Å². The number of amides is 2. The fraction of sp³-hybridized carbons (Fsp3) is 0. The summed E-state index contributed by atoms with van der Waals surface area (Å²) in [5, 5.41) is 16.7. The van der Waals surface area contributed by atoms with Gasteiger partial charge in [0.2, 0.25) is 0 Å². The molecule has 0 aliphatic rings. The van der Waals surface area contributed by atoms with Crippen molar-refractivity contribution in [1.29, 1.82) is 0 Å². The average molecular weight is 400 g/mol. The summed E-state index contributed by atoms with van der Waals surface area (Å²) < 4.78 is 0. The van der Waals surface area contributed by atoms with Crippen LogP contribution in [0, 0.1) is 10.1 Å². The molecule has 0 spiro atoms.